The van der Waals surface area contributed by atoms with Crippen molar-refractivity contribution >= 4 is 0 Å². The minimum absolute atomic E-state index is 0.497. The summed E-state index contributed by atoms with van der Waals surface area (Å²) in [6.07, 6.45) is 3.82. The summed E-state index contributed by atoms with van der Waals surface area (Å²) in [5.74, 6) is 1.57. The summed E-state index contributed by atoms with van der Waals surface area (Å²) in [6.45, 7) is 8.18. The Balaban J connectivity index is 1.76. The quantitative estimate of drug-likeness (QED) is 0.739. The van der Waals surface area contributed by atoms with Crippen molar-refractivity contribution in [1.29, 1.82) is 0 Å². The fourth-order valence-electron chi connectivity index (χ4n) is 2.81. The normalized spacial score (nSPS) is 20.4. The van der Waals surface area contributed by atoms with Crippen LogP contribution in [0.1, 0.15) is 37.6 Å². The van der Waals surface area contributed by atoms with Gasteiger partial charge in [0.2, 0.25) is 0 Å². The Kier molecular flexibility index (Phi) is 6.50. The second-order valence-corrected chi connectivity index (χ2v) is 5.67. The molecule has 1 aromatic rings. The van der Waals surface area contributed by atoms with Crippen molar-refractivity contribution in [2.45, 2.75) is 39.3 Å². The van der Waals surface area contributed by atoms with Gasteiger partial charge in [0.15, 0.2) is 5.76 Å². The molecule has 1 saturated heterocycles. The van der Waals surface area contributed by atoms with Crippen molar-refractivity contribution in [3.8, 4) is 0 Å². The Morgan fingerprint density at radius 3 is 3.25 bits per heavy atom. The summed E-state index contributed by atoms with van der Waals surface area (Å²) < 4.78 is 10.3. The van der Waals surface area contributed by atoms with Crippen LogP contribution in [0.5, 0.6) is 0 Å². The number of hydrogen-bond acceptors (Lipinski definition) is 5. The van der Waals surface area contributed by atoms with Crippen molar-refractivity contribution in [1.82, 2.24) is 15.4 Å². The predicted octanol–water partition coefficient (Wildman–Crippen LogP) is 2.03. The molecule has 1 aromatic heterocycles. The van der Waals surface area contributed by atoms with Crippen LogP contribution in [-0.2, 0) is 17.9 Å². The molecule has 0 radical (unpaired) electrons. The Bertz CT molecular complexity index is 381. The van der Waals surface area contributed by atoms with Crippen LogP contribution in [-0.4, -0.2) is 43.3 Å². The second-order valence-electron chi connectivity index (χ2n) is 5.67. The van der Waals surface area contributed by atoms with E-state index in [9.17, 15) is 0 Å². The number of nitrogens with zero attached hydrogens (tertiary/aromatic N) is 2. The largest absolute Gasteiger partial charge is 0.377 e. The van der Waals surface area contributed by atoms with E-state index in [1.54, 1.807) is 7.11 Å². The van der Waals surface area contributed by atoms with Gasteiger partial charge in [0.1, 0.15) is 6.61 Å². The number of methoxy groups -OCH3 is 1. The van der Waals surface area contributed by atoms with Crippen LogP contribution in [0, 0.1) is 5.92 Å². The number of likely N-dealkylation sites (tertiary alicyclic amines) is 1. The molecule has 5 heteroatoms. The second kappa shape index (κ2) is 8.39. The molecule has 20 heavy (non-hydrogen) atoms. The molecular weight excluding hydrogens is 254 g/mol. The summed E-state index contributed by atoms with van der Waals surface area (Å²) in [4.78, 5) is 2.48. The van der Waals surface area contributed by atoms with E-state index in [1.165, 1.54) is 19.3 Å². The Hall–Kier alpha value is -0.910. The third kappa shape index (κ3) is 4.89. The average molecular weight is 281 g/mol. The molecule has 1 fully saturated rings. The lowest BCUT2D eigenvalue weighted by Crippen LogP contribution is -2.39. The van der Waals surface area contributed by atoms with Gasteiger partial charge in [-0.1, -0.05) is 12.1 Å². The van der Waals surface area contributed by atoms with E-state index in [0.29, 0.717) is 6.61 Å². The lowest BCUT2D eigenvalue weighted by molar-refractivity contribution is 0.152. The summed E-state index contributed by atoms with van der Waals surface area (Å²) >= 11 is 0. The molecule has 0 aliphatic carbocycles. The third-order valence-electron chi connectivity index (χ3n) is 3.74. The number of rotatable bonds is 8. The van der Waals surface area contributed by atoms with Crippen LogP contribution in [0.25, 0.3) is 0 Å². The minimum Gasteiger partial charge on any atom is -0.377 e. The van der Waals surface area contributed by atoms with Crippen LogP contribution in [0.2, 0.25) is 0 Å². The van der Waals surface area contributed by atoms with E-state index < -0.39 is 0 Å². The maximum atomic E-state index is 5.24. The molecule has 0 aromatic carbocycles. The molecule has 0 saturated carbocycles. The minimum atomic E-state index is 0.497. The zero-order chi connectivity index (χ0) is 14.2. The molecule has 1 aliphatic heterocycles. The molecule has 0 spiro atoms. The molecule has 1 N–H and O–H groups in total. The van der Waals surface area contributed by atoms with Gasteiger partial charge in [-0.15, -0.1) is 0 Å². The van der Waals surface area contributed by atoms with Crippen molar-refractivity contribution in [3.63, 3.8) is 0 Å². The van der Waals surface area contributed by atoms with Crippen LogP contribution < -0.4 is 5.32 Å². The Morgan fingerprint density at radius 1 is 1.55 bits per heavy atom. The van der Waals surface area contributed by atoms with E-state index in [1.807, 2.05) is 6.07 Å². The molecule has 1 aliphatic rings. The van der Waals surface area contributed by atoms with Gasteiger partial charge in [0.25, 0.3) is 0 Å². The molecule has 0 bridgehead atoms. The first-order chi connectivity index (χ1) is 9.81. The van der Waals surface area contributed by atoms with Gasteiger partial charge >= 0.3 is 0 Å². The number of ether oxygens (including phenoxy) is 1. The van der Waals surface area contributed by atoms with Gasteiger partial charge in [-0.05, 0) is 44.8 Å². The highest BCUT2D eigenvalue weighted by Gasteiger charge is 2.20. The SMILES string of the molecule is CCCNCC1CCCN(Cc2cc(COC)on2)C1. The predicted molar refractivity (Wildman–Crippen MR) is 78.4 cm³/mol. The monoisotopic (exact) mass is 281 g/mol. The fourth-order valence-corrected chi connectivity index (χ4v) is 2.81. The Labute approximate surface area is 121 Å². The van der Waals surface area contributed by atoms with Gasteiger partial charge < -0.3 is 14.6 Å². The van der Waals surface area contributed by atoms with Crippen LogP contribution in [0.3, 0.4) is 0 Å². The number of piperidine rings is 1. The highest BCUT2D eigenvalue weighted by atomic mass is 16.5. The summed E-state index contributed by atoms with van der Waals surface area (Å²) in [7, 11) is 1.67. The van der Waals surface area contributed by atoms with Gasteiger partial charge in [-0.3, -0.25) is 4.90 Å². The maximum absolute atomic E-state index is 5.24. The maximum Gasteiger partial charge on any atom is 0.162 e. The van der Waals surface area contributed by atoms with E-state index in [4.69, 9.17) is 9.26 Å². The lowest BCUT2D eigenvalue weighted by atomic mass is 9.98. The van der Waals surface area contributed by atoms with Crippen LogP contribution in [0.4, 0.5) is 0 Å². The highest BCUT2D eigenvalue weighted by Crippen LogP contribution is 2.18. The molecule has 2 heterocycles. The van der Waals surface area contributed by atoms with Gasteiger partial charge in [0, 0.05) is 26.3 Å². The average Bonchev–Trinajstić information content (AvgIpc) is 2.87. The van der Waals surface area contributed by atoms with Crippen molar-refractivity contribution in [2.75, 3.05) is 33.3 Å². The molecular formula is C15H27N3O2. The van der Waals surface area contributed by atoms with Gasteiger partial charge in [0.05, 0.1) is 5.69 Å². The Morgan fingerprint density at radius 2 is 2.45 bits per heavy atom. The third-order valence-corrected chi connectivity index (χ3v) is 3.74. The van der Waals surface area contributed by atoms with E-state index in [2.05, 4.69) is 22.3 Å². The summed E-state index contributed by atoms with van der Waals surface area (Å²) in [5.41, 5.74) is 1.01. The smallest absolute Gasteiger partial charge is 0.162 e. The van der Waals surface area contributed by atoms with E-state index in [-0.39, 0.29) is 0 Å². The number of aromatic nitrogens is 1. The molecule has 5 nitrogen and oxygen atoms in total. The molecule has 114 valence electrons. The summed E-state index contributed by atoms with van der Waals surface area (Å²) in [6, 6.07) is 2.00. The summed E-state index contributed by atoms with van der Waals surface area (Å²) in [5, 5.41) is 7.65. The zero-order valence-corrected chi connectivity index (χ0v) is 12.7. The standard InChI is InChI=1S/C15H27N3O2/c1-3-6-16-9-13-5-4-7-18(10-13)11-14-8-15(12-19-2)20-17-14/h8,13,16H,3-7,9-12H2,1-2H3. The molecule has 2 rings (SSSR count). The highest BCUT2D eigenvalue weighted by molar-refractivity contribution is 5.04. The lowest BCUT2D eigenvalue weighted by Gasteiger charge is -2.32. The number of nitrogens with one attached hydrogen (secondary N) is 1. The molecule has 1 atom stereocenters. The topological polar surface area (TPSA) is 50.5 Å². The van der Waals surface area contributed by atoms with E-state index >= 15 is 0 Å². The molecule has 0 amide bonds. The van der Waals surface area contributed by atoms with Crippen LogP contribution >= 0.6 is 0 Å². The van der Waals surface area contributed by atoms with Gasteiger partial charge in [-0.2, -0.15) is 0 Å². The zero-order valence-electron chi connectivity index (χ0n) is 12.7. The van der Waals surface area contributed by atoms with Crippen molar-refractivity contribution in [2.24, 2.45) is 5.92 Å². The first-order valence-corrected chi connectivity index (χ1v) is 7.68. The van der Waals surface area contributed by atoms with Crippen LogP contribution in [0.15, 0.2) is 10.6 Å². The van der Waals surface area contributed by atoms with Gasteiger partial charge in [-0.25, -0.2) is 0 Å². The number of hydrogen-bond donors (Lipinski definition) is 1. The van der Waals surface area contributed by atoms with Crippen molar-refractivity contribution in [3.05, 3.63) is 17.5 Å². The van der Waals surface area contributed by atoms with Crippen molar-refractivity contribution < 1.29 is 9.26 Å². The first kappa shape index (κ1) is 15.5. The first-order valence-electron chi connectivity index (χ1n) is 7.68. The van der Waals surface area contributed by atoms with E-state index in [0.717, 1.165) is 50.1 Å². The fraction of sp³-hybridized carbons (Fsp3) is 0.800. The molecule has 1 unspecified atom stereocenters.